The Kier molecular flexibility index (Phi) is 4.03. The Morgan fingerprint density at radius 3 is 2.75 bits per heavy atom. The maximum absolute atomic E-state index is 6.49. The highest BCUT2D eigenvalue weighted by atomic mass is 32.2. The quantitative estimate of drug-likeness (QED) is 0.679. The zero-order valence-electron chi connectivity index (χ0n) is 11.6. The molecule has 0 bridgehead atoms. The molecule has 104 valence electrons. The minimum atomic E-state index is 0.0589. The maximum Gasteiger partial charge on any atom is 0.187 e. The molecule has 20 heavy (non-hydrogen) atoms. The van der Waals surface area contributed by atoms with Crippen molar-refractivity contribution in [3.63, 3.8) is 0 Å². The Morgan fingerprint density at radius 1 is 1.20 bits per heavy atom. The zero-order chi connectivity index (χ0) is 13.9. The summed E-state index contributed by atoms with van der Waals surface area (Å²) in [4.78, 5) is 8.78. The molecule has 1 aromatic carbocycles. The summed E-state index contributed by atoms with van der Waals surface area (Å²) in [5.74, 6) is 0. The first-order valence-electron chi connectivity index (χ1n) is 7.03. The summed E-state index contributed by atoms with van der Waals surface area (Å²) >= 11 is 1.71. The molecule has 2 atom stereocenters. The van der Waals surface area contributed by atoms with Crippen LogP contribution in [-0.4, -0.2) is 15.2 Å². The highest BCUT2D eigenvalue weighted by molar-refractivity contribution is 7.99. The van der Waals surface area contributed by atoms with Crippen LogP contribution in [0.4, 0.5) is 0 Å². The van der Waals surface area contributed by atoms with E-state index < -0.39 is 0 Å². The Hall–Kier alpha value is -1.39. The van der Waals surface area contributed by atoms with Gasteiger partial charge >= 0.3 is 0 Å². The maximum atomic E-state index is 6.49. The molecule has 0 aliphatic heterocycles. The third-order valence-corrected chi connectivity index (χ3v) is 5.02. The monoisotopic (exact) mass is 285 g/mol. The predicted octanol–water partition coefficient (Wildman–Crippen LogP) is 3.28. The van der Waals surface area contributed by atoms with Gasteiger partial charge in [-0.25, -0.2) is 9.97 Å². The van der Waals surface area contributed by atoms with E-state index in [-0.39, 0.29) is 6.04 Å². The van der Waals surface area contributed by atoms with Gasteiger partial charge in [0.1, 0.15) is 0 Å². The number of nitrogens with two attached hydrogens (primary N) is 1. The van der Waals surface area contributed by atoms with Crippen molar-refractivity contribution in [3.8, 4) is 0 Å². The van der Waals surface area contributed by atoms with Crippen LogP contribution in [-0.2, 0) is 6.42 Å². The summed E-state index contributed by atoms with van der Waals surface area (Å²) in [7, 11) is 0. The van der Waals surface area contributed by atoms with E-state index in [0.717, 1.165) is 23.6 Å². The molecule has 0 amide bonds. The van der Waals surface area contributed by atoms with E-state index in [9.17, 15) is 0 Å². The van der Waals surface area contributed by atoms with E-state index in [0.29, 0.717) is 5.25 Å². The summed E-state index contributed by atoms with van der Waals surface area (Å²) < 4.78 is 0. The van der Waals surface area contributed by atoms with E-state index in [1.54, 1.807) is 11.8 Å². The van der Waals surface area contributed by atoms with Crippen molar-refractivity contribution in [1.82, 2.24) is 9.97 Å². The third-order valence-electron chi connectivity index (χ3n) is 3.76. The highest BCUT2D eigenvalue weighted by Crippen LogP contribution is 2.36. The lowest BCUT2D eigenvalue weighted by Gasteiger charge is -2.21. The standard InChI is InChI=1S/C16H19N3S/c1-11-9-18-16(19-10-11)20-14-8-4-6-12-5-2-3-7-13(12)15(14)17/h2-3,5,7,9-10,14-15H,4,6,8,17H2,1H3. The van der Waals surface area contributed by atoms with Gasteiger partial charge in [0.25, 0.3) is 0 Å². The number of thioether (sulfide) groups is 1. The van der Waals surface area contributed by atoms with Crippen molar-refractivity contribution < 1.29 is 0 Å². The van der Waals surface area contributed by atoms with E-state index in [4.69, 9.17) is 5.73 Å². The van der Waals surface area contributed by atoms with Gasteiger partial charge in [-0.3, -0.25) is 0 Å². The van der Waals surface area contributed by atoms with Gasteiger partial charge in [0.15, 0.2) is 5.16 Å². The second kappa shape index (κ2) is 5.94. The van der Waals surface area contributed by atoms with Crippen LogP contribution in [0.25, 0.3) is 0 Å². The van der Waals surface area contributed by atoms with Crippen LogP contribution in [0.5, 0.6) is 0 Å². The molecule has 0 fully saturated rings. The molecule has 1 aliphatic rings. The second-order valence-electron chi connectivity index (χ2n) is 5.32. The minimum absolute atomic E-state index is 0.0589. The number of fused-ring (bicyclic) bond motifs is 1. The lowest BCUT2D eigenvalue weighted by atomic mass is 10.00. The van der Waals surface area contributed by atoms with Gasteiger partial charge in [0.05, 0.1) is 0 Å². The molecule has 3 nitrogen and oxygen atoms in total. The van der Waals surface area contributed by atoms with Crippen LogP contribution in [0.15, 0.2) is 41.8 Å². The summed E-state index contributed by atoms with van der Waals surface area (Å²) in [6.45, 7) is 2.00. The van der Waals surface area contributed by atoms with E-state index in [1.165, 1.54) is 17.5 Å². The van der Waals surface area contributed by atoms with Crippen LogP contribution in [0.1, 0.15) is 35.6 Å². The average molecular weight is 285 g/mol. The molecule has 0 saturated heterocycles. The average Bonchev–Trinajstić information content (AvgIpc) is 2.62. The van der Waals surface area contributed by atoms with Gasteiger partial charge in [-0.2, -0.15) is 0 Å². The Labute approximate surface area is 124 Å². The number of rotatable bonds is 2. The summed E-state index contributed by atoms with van der Waals surface area (Å²) in [5.41, 5.74) is 10.3. The normalized spacial score (nSPS) is 22.1. The molecule has 4 heteroatoms. The number of nitrogens with zero attached hydrogens (tertiary/aromatic N) is 2. The molecule has 2 N–H and O–H groups in total. The van der Waals surface area contributed by atoms with Gasteiger partial charge in [-0.15, -0.1) is 0 Å². The van der Waals surface area contributed by atoms with Crippen LogP contribution in [0.2, 0.25) is 0 Å². The molecule has 3 rings (SSSR count). The lowest BCUT2D eigenvalue weighted by molar-refractivity contribution is 0.630. The molecular formula is C16H19N3S. The second-order valence-corrected chi connectivity index (χ2v) is 6.52. The molecule has 1 aromatic heterocycles. The number of aryl methyl sites for hydroxylation is 2. The summed E-state index contributed by atoms with van der Waals surface area (Å²) in [6, 6.07) is 8.60. The minimum Gasteiger partial charge on any atom is -0.323 e. The molecule has 0 saturated carbocycles. The topological polar surface area (TPSA) is 51.8 Å². The fraction of sp³-hybridized carbons (Fsp3) is 0.375. The van der Waals surface area contributed by atoms with Crippen LogP contribution in [0.3, 0.4) is 0 Å². The Bertz CT molecular complexity index is 583. The van der Waals surface area contributed by atoms with Crippen LogP contribution < -0.4 is 5.73 Å². The fourth-order valence-electron chi connectivity index (χ4n) is 2.67. The van der Waals surface area contributed by atoms with Gasteiger partial charge in [-0.05, 0) is 42.9 Å². The third kappa shape index (κ3) is 2.86. The first kappa shape index (κ1) is 13.6. The molecular weight excluding hydrogens is 266 g/mol. The number of benzene rings is 1. The number of aromatic nitrogens is 2. The van der Waals surface area contributed by atoms with Crippen molar-refractivity contribution in [2.24, 2.45) is 5.73 Å². The summed E-state index contributed by atoms with van der Waals surface area (Å²) in [5, 5.41) is 1.18. The van der Waals surface area contributed by atoms with Crippen LogP contribution in [0, 0.1) is 6.92 Å². The van der Waals surface area contributed by atoms with Gasteiger partial charge in [0.2, 0.25) is 0 Å². The van der Waals surface area contributed by atoms with E-state index in [2.05, 4.69) is 34.2 Å². The van der Waals surface area contributed by atoms with E-state index in [1.807, 2.05) is 19.3 Å². The first-order chi connectivity index (χ1) is 9.74. The van der Waals surface area contributed by atoms with Crippen molar-refractivity contribution in [2.75, 3.05) is 0 Å². The molecule has 2 aromatic rings. The number of hydrogen-bond donors (Lipinski definition) is 1. The smallest absolute Gasteiger partial charge is 0.187 e. The van der Waals surface area contributed by atoms with Crippen LogP contribution >= 0.6 is 11.8 Å². The molecule has 2 unspecified atom stereocenters. The van der Waals surface area contributed by atoms with Crippen molar-refractivity contribution in [2.45, 2.75) is 42.6 Å². The Balaban J connectivity index is 1.82. The summed E-state index contributed by atoms with van der Waals surface area (Å²) in [6.07, 6.45) is 7.14. The number of hydrogen-bond acceptors (Lipinski definition) is 4. The van der Waals surface area contributed by atoms with Gasteiger partial charge < -0.3 is 5.73 Å². The van der Waals surface area contributed by atoms with Crippen molar-refractivity contribution >= 4 is 11.8 Å². The largest absolute Gasteiger partial charge is 0.323 e. The fourth-order valence-corrected chi connectivity index (χ4v) is 3.75. The SMILES string of the molecule is Cc1cnc(SC2CCCc3ccccc3C2N)nc1. The van der Waals surface area contributed by atoms with Gasteiger partial charge in [0, 0.05) is 23.7 Å². The highest BCUT2D eigenvalue weighted by Gasteiger charge is 2.26. The van der Waals surface area contributed by atoms with Crippen molar-refractivity contribution in [3.05, 3.63) is 53.3 Å². The molecule has 0 spiro atoms. The van der Waals surface area contributed by atoms with E-state index >= 15 is 0 Å². The predicted molar refractivity (Wildman–Crippen MR) is 82.7 cm³/mol. The zero-order valence-corrected chi connectivity index (χ0v) is 12.4. The first-order valence-corrected chi connectivity index (χ1v) is 7.90. The lowest BCUT2D eigenvalue weighted by Crippen LogP contribution is -2.23. The molecule has 1 heterocycles. The Morgan fingerprint density at radius 2 is 1.95 bits per heavy atom. The molecule has 1 aliphatic carbocycles. The van der Waals surface area contributed by atoms with Crippen molar-refractivity contribution in [1.29, 1.82) is 0 Å². The van der Waals surface area contributed by atoms with Gasteiger partial charge in [-0.1, -0.05) is 36.0 Å². The molecule has 0 radical (unpaired) electrons.